The fraction of sp³-hybridized carbons (Fsp3) is 0.158. The number of rotatable bonds is 4. The van der Waals surface area contributed by atoms with E-state index in [0.717, 1.165) is 5.06 Å². The standard InChI is InChI=1S/C19H14F3N3O3/c1-11-6-16-17(28-19(21,22)27-16)7-13(11)15-8-24-18(9-23-15)25(26)10-12-4-2-3-5-14(12)20/h2-9,26H,10H2,1H3. The van der Waals surface area contributed by atoms with E-state index in [1.165, 1.54) is 30.6 Å². The summed E-state index contributed by atoms with van der Waals surface area (Å²) in [5.74, 6) is -0.488. The zero-order valence-electron chi connectivity index (χ0n) is 14.6. The number of alkyl halides is 2. The maximum atomic E-state index is 13.7. The fourth-order valence-corrected chi connectivity index (χ4v) is 2.84. The van der Waals surface area contributed by atoms with E-state index < -0.39 is 12.1 Å². The number of halogens is 3. The smallest absolute Gasteiger partial charge is 0.395 e. The van der Waals surface area contributed by atoms with Crippen molar-refractivity contribution in [3.63, 3.8) is 0 Å². The van der Waals surface area contributed by atoms with E-state index in [0.29, 0.717) is 22.4 Å². The molecule has 28 heavy (non-hydrogen) atoms. The average molecular weight is 389 g/mol. The highest BCUT2D eigenvalue weighted by Gasteiger charge is 2.43. The molecule has 0 fully saturated rings. The van der Waals surface area contributed by atoms with Gasteiger partial charge in [-0.2, -0.15) is 0 Å². The molecule has 0 amide bonds. The van der Waals surface area contributed by atoms with E-state index in [1.807, 2.05) is 0 Å². The Morgan fingerprint density at radius 3 is 2.46 bits per heavy atom. The molecule has 1 aromatic heterocycles. The Balaban J connectivity index is 1.57. The number of ether oxygens (including phenoxy) is 2. The molecule has 6 nitrogen and oxygen atoms in total. The van der Waals surface area contributed by atoms with E-state index in [2.05, 4.69) is 19.4 Å². The van der Waals surface area contributed by atoms with Crippen molar-refractivity contribution < 1.29 is 27.9 Å². The van der Waals surface area contributed by atoms with Crippen LogP contribution in [0.4, 0.5) is 19.0 Å². The maximum absolute atomic E-state index is 13.7. The van der Waals surface area contributed by atoms with Gasteiger partial charge in [0.05, 0.1) is 24.6 Å². The van der Waals surface area contributed by atoms with Crippen LogP contribution in [0.3, 0.4) is 0 Å². The molecule has 144 valence electrons. The molecule has 4 rings (SSSR count). The lowest BCUT2D eigenvalue weighted by Gasteiger charge is -2.16. The minimum atomic E-state index is -3.70. The SMILES string of the molecule is Cc1cc2c(cc1-c1cnc(N(O)Cc3ccccc3F)cn1)OC(F)(F)O2. The lowest BCUT2D eigenvalue weighted by atomic mass is 10.1. The van der Waals surface area contributed by atoms with Gasteiger partial charge in [0, 0.05) is 11.1 Å². The summed E-state index contributed by atoms with van der Waals surface area (Å²) in [6.45, 7) is 1.60. The number of hydrogen-bond donors (Lipinski definition) is 1. The van der Waals surface area contributed by atoms with Crippen molar-refractivity contribution in [3.05, 3.63) is 65.7 Å². The molecule has 1 aliphatic rings. The Morgan fingerprint density at radius 1 is 1.07 bits per heavy atom. The van der Waals surface area contributed by atoms with E-state index >= 15 is 0 Å². The Bertz CT molecular complexity index is 1030. The molecular formula is C19H14F3N3O3. The number of benzene rings is 2. The van der Waals surface area contributed by atoms with Crippen LogP contribution in [0.1, 0.15) is 11.1 Å². The molecule has 1 aliphatic heterocycles. The van der Waals surface area contributed by atoms with Crippen molar-refractivity contribution >= 4 is 5.82 Å². The fourth-order valence-electron chi connectivity index (χ4n) is 2.84. The van der Waals surface area contributed by atoms with Gasteiger partial charge in [-0.25, -0.2) is 14.4 Å². The monoisotopic (exact) mass is 389 g/mol. The Labute approximate surface area is 157 Å². The van der Waals surface area contributed by atoms with E-state index in [1.54, 1.807) is 25.1 Å². The summed E-state index contributed by atoms with van der Waals surface area (Å²) >= 11 is 0. The predicted molar refractivity (Wildman–Crippen MR) is 92.8 cm³/mol. The number of hydrogen-bond acceptors (Lipinski definition) is 6. The van der Waals surface area contributed by atoms with Gasteiger partial charge in [-0.05, 0) is 30.7 Å². The summed E-state index contributed by atoms with van der Waals surface area (Å²) in [7, 11) is 0. The predicted octanol–water partition coefficient (Wildman–Crippen LogP) is 4.31. The van der Waals surface area contributed by atoms with Crippen molar-refractivity contribution in [1.29, 1.82) is 0 Å². The van der Waals surface area contributed by atoms with Gasteiger partial charge in [-0.15, -0.1) is 8.78 Å². The largest absolute Gasteiger partial charge is 0.586 e. The number of aromatic nitrogens is 2. The van der Waals surface area contributed by atoms with Gasteiger partial charge in [0.15, 0.2) is 17.3 Å². The number of hydroxylamine groups is 1. The van der Waals surface area contributed by atoms with Crippen LogP contribution in [-0.2, 0) is 6.54 Å². The lowest BCUT2D eigenvalue weighted by Crippen LogP contribution is -2.25. The summed E-state index contributed by atoms with van der Waals surface area (Å²) in [5.41, 5.74) is 1.84. The van der Waals surface area contributed by atoms with Crippen molar-refractivity contribution in [3.8, 4) is 22.8 Å². The van der Waals surface area contributed by atoms with Crippen molar-refractivity contribution in [2.45, 2.75) is 19.8 Å². The minimum Gasteiger partial charge on any atom is -0.395 e. The molecule has 1 N–H and O–H groups in total. The highest BCUT2D eigenvalue weighted by atomic mass is 19.3. The first-order valence-electron chi connectivity index (χ1n) is 8.25. The molecule has 0 bridgehead atoms. The van der Waals surface area contributed by atoms with Crippen LogP contribution in [0.5, 0.6) is 11.5 Å². The third kappa shape index (κ3) is 3.44. The first-order chi connectivity index (χ1) is 13.3. The number of nitrogens with zero attached hydrogens (tertiary/aromatic N) is 3. The van der Waals surface area contributed by atoms with Gasteiger partial charge in [-0.1, -0.05) is 18.2 Å². The Morgan fingerprint density at radius 2 is 1.79 bits per heavy atom. The highest BCUT2D eigenvalue weighted by Crippen LogP contribution is 2.44. The van der Waals surface area contributed by atoms with Gasteiger partial charge in [0.2, 0.25) is 0 Å². The highest BCUT2D eigenvalue weighted by molar-refractivity contribution is 5.68. The maximum Gasteiger partial charge on any atom is 0.586 e. The first kappa shape index (κ1) is 18.1. The number of aryl methyl sites for hydroxylation is 1. The van der Waals surface area contributed by atoms with Crippen molar-refractivity contribution in [1.82, 2.24) is 9.97 Å². The van der Waals surface area contributed by atoms with Gasteiger partial charge < -0.3 is 9.47 Å². The molecular weight excluding hydrogens is 375 g/mol. The molecule has 0 unspecified atom stereocenters. The second kappa shape index (κ2) is 6.68. The average Bonchev–Trinajstić information content (AvgIpc) is 2.96. The third-order valence-corrected chi connectivity index (χ3v) is 4.20. The zero-order chi connectivity index (χ0) is 19.9. The molecule has 3 aromatic rings. The number of anilines is 1. The molecule has 2 heterocycles. The van der Waals surface area contributed by atoms with Crippen molar-refractivity contribution in [2.75, 3.05) is 5.06 Å². The topological polar surface area (TPSA) is 67.7 Å². The van der Waals surface area contributed by atoms with Crippen LogP contribution >= 0.6 is 0 Å². The van der Waals surface area contributed by atoms with Gasteiger partial charge in [-0.3, -0.25) is 10.2 Å². The van der Waals surface area contributed by atoms with Crippen LogP contribution < -0.4 is 14.5 Å². The van der Waals surface area contributed by atoms with Crippen molar-refractivity contribution in [2.24, 2.45) is 0 Å². The van der Waals surface area contributed by atoms with E-state index in [9.17, 15) is 18.4 Å². The van der Waals surface area contributed by atoms with Gasteiger partial charge in [0.25, 0.3) is 0 Å². The summed E-state index contributed by atoms with van der Waals surface area (Å²) in [4.78, 5) is 8.33. The molecule has 2 aromatic carbocycles. The Kier molecular flexibility index (Phi) is 4.31. The summed E-state index contributed by atoms with van der Waals surface area (Å²) in [6, 6.07) is 8.88. The quantitative estimate of drug-likeness (QED) is 0.671. The molecule has 0 atom stereocenters. The van der Waals surface area contributed by atoms with E-state index in [4.69, 9.17) is 0 Å². The third-order valence-electron chi connectivity index (χ3n) is 4.20. The normalized spacial score (nSPS) is 14.2. The summed E-state index contributed by atoms with van der Waals surface area (Å²) in [6.07, 6.45) is -1.02. The molecule has 0 saturated carbocycles. The van der Waals surface area contributed by atoms with Crippen LogP contribution in [0, 0.1) is 12.7 Å². The van der Waals surface area contributed by atoms with Crippen LogP contribution in [0.2, 0.25) is 0 Å². The van der Waals surface area contributed by atoms with Crippen LogP contribution in [0.15, 0.2) is 48.8 Å². The number of fused-ring (bicyclic) bond motifs is 1. The lowest BCUT2D eigenvalue weighted by molar-refractivity contribution is -0.286. The molecule has 0 aliphatic carbocycles. The second-order valence-corrected chi connectivity index (χ2v) is 6.19. The molecule has 0 saturated heterocycles. The summed E-state index contributed by atoms with van der Waals surface area (Å²) in [5, 5.41) is 10.9. The van der Waals surface area contributed by atoms with E-state index in [-0.39, 0.29) is 23.9 Å². The summed E-state index contributed by atoms with van der Waals surface area (Å²) < 4.78 is 49.0. The minimum absolute atomic E-state index is 0.0535. The van der Waals surface area contributed by atoms with Gasteiger partial charge in [0.1, 0.15) is 5.82 Å². The zero-order valence-corrected chi connectivity index (χ0v) is 14.6. The molecule has 0 spiro atoms. The molecule has 0 radical (unpaired) electrons. The molecule has 9 heteroatoms. The Hall–Kier alpha value is -3.33. The first-order valence-corrected chi connectivity index (χ1v) is 8.25. The van der Waals surface area contributed by atoms with Crippen LogP contribution in [-0.4, -0.2) is 21.5 Å². The van der Waals surface area contributed by atoms with Crippen LogP contribution in [0.25, 0.3) is 11.3 Å². The van der Waals surface area contributed by atoms with Gasteiger partial charge >= 0.3 is 6.29 Å². The second-order valence-electron chi connectivity index (χ2n) is 6.19.